The maximum Gasteiger partial charge on any atom is 0.328 e. The van der Waals surface area contributed by atoms with Crippen molar-refractivity contribution >= 4 is 33.7 Å². The molecule has 0 saturated carbocycles. The monoisotopic (exact) mass is 343 g/mol. The first-order valence-corrected chi connectivity index (χ1v) is 7.49. The number of nitrogens with zero attached hydrogens (tertiary/aromatic N) is 2. The summed E-state index contributed by atoms with van der Waals surface area (Å²) in [5.41, 5.74) is 2.39. The minimum atomic E-state index is -1.26. The largest absolute Gasteiger partial charge is 0.478 e. The Hall–Kier alpha value is -3.19. The van der Waals surface area contributed by atoms with Gasteiger partial charge in [0.1, 0.15) is 0 Å². The number of hydrogen-bond acceptors (Lipinski definition) is 4. The molecule has 0 amide bonds. The van der Waals surface area contributed by atoms with Crippen molar-refractivity contribution in [1.29, 1.82) is 0 Å². The minimum Gasteiger partial charge on any atom is -0.478 e. The SMILES string of the molecule is CCCn1ccc2ccc3ncccc3c21.N.O=C(O)C=CC(=O)O. The van der Waals surface area contributed by atoms with Gasteiger partial charge >= 0.3 is 11.9 Å². The molecule has 0 aliphatic carbocycles. The molecule has 0 bridgehead atoms. The summed E-state index contributed by atoms with van der Waals surface area (Å²) in [7, 11) is 0. The number of pyridine rings is 1. The highest BCUT2D eigenvalue weighted by Gasteiger charge is 2.05. The molecule has 0 unspecified atom stereocenters. The average molecular weight is 343 g/mol. The Morgan fingerprint density at radius 3 is 2.40 bits per heavy atom. The quantitative estimate of drug-likeness (QED) is 0.622. The van der Waals surface area contributed by atoms with Crippen molar-refractivity contribution in [3.63, 3.8) is 0 Å². The van der Waals surface area contributed by atoms with E-state index in [-0.39, 0.29) is 6.15 Å². The number of hydrogen-bond donors (Lipinski definition) is 3. The normalized spacial score (nSPS) is 10.3. The molecule has 7 nitrogen and oxygen atoms in total. The predicted octanol–water partition coefficient (Wildman–Crippen LogP) is 3.47. The van der Waals surface area contributed by atoms with Gasteiger partial charge in [0.2, 0.25) is 0 Å². The number of fused-ring (bicyclic) bond motifs is 3. The molecule has 2 aromatic heterocycles. The van der Waals surface area contributed by atoms with Crippen molar-refractivity contribution in [3.05, 3.63) is 54.9 Å². The van der Waals surface area contributed by atoms with Crippen LogP contribution < -0.4 is 6.15 Å². The van der Waals surface area contributed by atoms with Gasteiger partial charge in [-0.2, -0.15) is 0 Å². The molecular formula is C18H21N3O4. The summed E-state index contributed by atoms with van der Waals surface area (Å²) in [5, 5.41) is 18.2. The van der Waals surface area contributed by atoms with Crippen LogP contribution in [0, 0.1) is 0 Å². The molecule has 0 saturated heterocycles. The highest BCUT2D eigenvalue weighted by Crippen LogP contribution is 2.25. The zero-order valence-corrected chi connectivity index (χ0v) is 13.9. The standard InChI is InChI=1S/C14H14N2.C4H4O4.H3N/c1-2-9-16-10-7-11-5-6-13-12(14(11)16)4-3-8-15-13;5-3(6)1-2-4(7)8;/h3-8,10H,2,9H2,1H3;1-2H,(H,5,6)(H,7,8);1H3. The van der Waals surface area contributed by atoms with Crippen LogP contribution in [0.4, 0.5) is 0 Å². The molecule has 0 aliphatic heterocycles. The maximum atomic E-state index is 9.55. The molecule has 3 aromatic rings. The van der Waals surface area contributed by atoms with E-state index in [1.165, 1.54) is 16.3 Å². The Kier molecular flexibility index (Phi) is 7.30. The molecule has 0 spiro atoms. The van der Waals surface area contributed by atoms with Crippen molar-refractivity contribution in [1.82, 2.24) is 15.7 Å². The molecule has 25 heavy (non-hydrogen) atoms. The van der Waals surface area contributed by atoms with E-state index in [1.807, 2.05) is 12.3 Å². The molecule has 132 valence electrons. The summed E-state index contributed by atoms with van der Waals surface area (Å²) in [6, 6.07) is 10.6. The van der Waals surface area contributed by atoms with Gasteiger partial charge in [-0.1, -0.05) is 13.0 Å². The Morgan fingerprint density at radius 1 is 1.12 bits per heavy atom. The van der Waals surface area contributed by atoms with Crippen LogP contribution in [-0.2, 0) is 16.1 Å². The van der Waals surface area contributed by atoms with Crippen LogP contribution in [0.5, 0.6) is 0 Å². The fourth-order valence-electron chi connectivity index (χ4n) is 2.42. The molecule has 0 fully saturated rings. The van der Waals surface area contributed by atoms with Crippen LogP contribution in [0.25, 0.3) is 21.8 Å². The number of rotatable bonds is 4. The topological polar surface area (TPSA) is 127 Å². The van der Waals surface area contributed by atoms with Crippen LogP contribution >= 0.6 is 0 Å². The molecular weight excluding hydrogens is 322 g/mol. The third-order valence-electron chi connectivity index (χ3n) is 3.34. The van der Waals surface area contributed by atoms with E-state index in [9.17, 15) is 9.59 Å². The molecule has 3 rings (SSSR count). The molecule has 7 heteroatoms. The van der Waals surface area contributed by atoms with Gasteiger partial charge in [-0.15, -0.1) is 0 Å². The number of carboxylic acid groups (broad SMARTS) is 2. The zero-order valence-electron chi connectivity index (χ0n) is 13.9. The predicted molar refractivity (Wildman–Crippen MR) is 97.0 cm³/mol. The van der Waals surface area contributed by atoms with Gasteiger partial charge in [0.25, 0.3) is 0 Å². The van der Waals surface area contributed by atoms with E-state index in [4.69, 9.17) is 10.2 Å². The van der Waals surface area contributed by atoms with Gasteiger partial charge < -0.3 is 20.9 Å². The first-order valence-electron chi connectivity index (χ1n) is 7.49. The fourth-order valence-corrected chi connectivity index (χ4v) is 2.42. The Bertz CT molecular complexity index is 884. The lowest BCUT2D eigenvalue weighted by Crippen LogP contribution is -1.94. The summed E-state index contributed by atoms with van der Waals surface area (Å²) in [6.45, 7) is 3.27. The number of carboxylic acids is 2. The molecule has 0 radical (unpaired) electrons. The number of aryl methyl sites for hydroxylation is 1. The van der Waals surface area contributed by atoms with E-state index >= 15 is 0 Å². The van der Waals surface area contributed by atoms with Crippen LogP contribution in [0.2, 0.25) is 0 Å². The van der Waals surface area contributed by atoms with Gasteiger partial charge in [-0.25, -0.2) is 9.59 Å². The van der Waals surface area contributed by atoms with E-state index in [0.717, 1.165) is 18.5 Å². The lowest BCUT2D eigenvalue weighted by Gasteiger charge is -2.05. The first-order chi connectivity index (χ1) is 11.5. The third-order valence-corrected chi connectivity index (χ3v) is 3.34. The van der Waals surface area contributed by atoms with Gasteiger partial charge in [0.15, 0.2) is 0 Å². The van der Waals surface area contributed by atoms with E-state index < -0.39 is 11.9 Å². The maximum absolute atomic E-state index is 9.55. The number of aromatic nitrogens is 2. The molecule has 0 aliphatic rings. The van der Waals surface area contributed by atoms with Gasteiger partial charge in [-0.3, -0.25) is 4.98 Å². The summed E-state index contributed by atoms with van der Waals surface area (Å²) in [4.78, 5) is 23.5. The average Bonchev–Trinajstić information content (AvgIpc) is 2.97. The molecule has 5 N–H and O–H groups in total. The van der Waals surface area contributed by atoms with Crippen molar-refractivity contribution in [2.45, 2.75) is 19.9 Å². The first kappa shape index (κ1) is 19.9. The highest BCUT2D eigenvalue weighted by molar-refractivity contribution is 6.04. The fraction of sp³-hybridized carbons (Fsp3) is 0.167. The van der Waals surface area contributed by atoms with Crippen molar-refractivity contribution in [2.24, 2.45) is 0 Å². The smallest absolute Gasteiger partial charge is 0.328 e. The number of benzene rings is 1. The summed E-state index contributed by atoms with van der Waals surface area (Å²) >= 11 is 0. The van der Waals surface area contributed by atoms with Crippen molar-refractivity contribution < 1.29 is 19.8 Å². The summed E-state index contributed by atoms with van der Waals surface area (Å²) in [5.74, 6) is -2.51. The van der Waals surface area contributed by atoms with Gasteiger partial charge in [0.05, 0.1) is 11.0 Å². The van der Waals surface area contributed by atoms with Gasteiger partial charge in [0, 0.05) is 41.9 Å². The number of carbonyl (C=O) groups is 2. The third kappa shape index (κ3) is 5.15. The van der Waals surface area contributed by atoms with Crippen molar-refractivity contribution in [3.8, 4) is 0 Å². The van der Waals surface area contributed by atoms with E-state index in [0.29, 0.717) is 12.2 Å². The van der Waals surface area contributed by atoms with E-state index in [2.05, 4.69) is 46.9 Å². The van der Waals surface area contributed by atoms with Crippen LogP contribution in [0.1, 0.15) is 13.3 Å². The van der Waals surface area contributed by atoms with Gasteiger partial charge in [-0.05, 0) is 30.7 Å². The lowest BCUT2D eigenvalue weighted by molar-refractivity contribution is -0.134. The minimum absolute atomic E-state index is 0. The molecule has 1 aromatic carbocycles. The van der Waals surface area contributed by atoms with Crippen LogP contribution in [-0.4, -0.2) is 31.7 Å². The Morgan fingerprint density at radius 2 is 1.80 bits per heavy atom. The summed E-state index contributed by atoms with van der Waals surface area (Å²) < 4.78 is 2.32. The second-order valence-electron chi connectivity index (χ2n) is 5.09. The van der Waals surface area contributed by atoms with Crippen LogP contribution in [0.15, 0.2) is 54.9 Å². The zero-order chi connectivity index (χ0) is 17.5. The highest BCUT2D eigenvalue weighted by atomic mass is 16.4. The van der Waals surface area contributed by atoms with E-state index in [1.54, 1.807) is 0 Å². The summed E-state index contributed by atoms with van der Waals surface area (Å²) in [6.07, 6.45) is 6.28. The Balaban J connectivity index is 0.000000301. The number of aliphatic carboxylic acids is 2. The molecule has 0 atom stereocenters. The van der Waals surface area contributed by atoms with Crippen molar-refractivity contribution in [2.75, 3.05) is 0 Å². The molecule has 2 heterocycles. The van der Waals surface area contributed by atoms with Crippen LogP contribution in [0.3, 0.4) is 0 Å². The Labute approximate surface area is 144 Å². The second-order valence-corrected chi connectivity index (χ2v) is 5.09. The second kappa shape index (κ2) is 9.19. The lowest BCUT2D eigenvalue weighted by atomic mass is 10.1.